The molecule has 8 heteroatoms. The lowest BCUT2D eigenvalue weighted by Gasteiger charge is -2.06. The second kappa shape index (κ2) is 10.3. The standard InChI is InChI=1S/C23H22FN3O2S2/c1-14(2)16-7-4-15(5-8-16)6-11-21(28)26-22(30)27-23-25-19(13-31-23)17-9-10-20(29-3)18(24)12-17/h4-14H,1-3H3,(H2,25,26,27,28,30)/b11-6+. The highest BCUT2D eigenvalue weighted by Crippen LogP contribution is 2.28. The second-order valence-corrected chi connectivity index (χ2v) is 8.25. The van der Waals surface area contributed by atoms with Gasteiger partial charge in [-0.05, 0) is 53.5 Å². The first-order valence-electron chi connectivity index (χ1n) is 9.55. The summed E-state index contributed by atoms with van der Waals surface area (Å²) in [6, 6.07) is 12.6. The Bertz CT molecular complexity index is 1110. The predicted molar refractivity (Wildman–Crippen MR) is 128 cm³/mol. The lowest BCUT2D eigenvalue weighted by molar-refractivity contribution is -0.115. The Morgan fingerprint density at radius 2 is 1.97 bits per heavy atom. The van der Waals surface area contributed by atoms with E-state index in [0.717, 1.165) is 5.56 Å². The third kappa shape index (κ3) is 6.19. The van der Waals surface area contributed by atoms with Crippen LogP contribution in [0.25, 0.3) is 17.3 Å². The highest BCUT2D eigenvalue weighted by atomic mass is 32.1. The van der Waals surface area contributed by atoms with Gasteiger partial charge in [0.1, 0.15) is 0 Å². The summed E-state index contributed by atoms with van der Waals surface area (Å²) >= 11 is 6.48. The van der Waals surface area contributed by atoms with Crippen LogP contribution in [-0.4, -0.2) is 23.1 Å². The molecule has 0 saturated heterocycles. The predicted octanol–water partition coefficient (Wildman–Crippen LogP) is 5.61. The zero-order valence-corrected chi connectivity index (χ0v) is 18.9. The van der Waals surface area contributed by atoms with Crippen molar-refractivity contribution in [1.29, 1.82) is 0 Å². The number of nitrogens with one attached hydrogen (secondary N) is 2. The molecule has 2 N–H and O–H groups in total. The van der Waals surface area contributed by atoms with Crippen LogP contribution >= 0.6 is 23.6 Å². The number of carbonyl (C=O) groups is 1. The Hall–Kier alpha value is -3.10. The summed E-state index contributed by atoms with van der Waals surface area (Å²) < 4.78 is 18.8. The summed E-state index contributed by atoms with van der Waals surface area (Å²) in [6.07, 6.45) is 3.15. The highest BCUT2D eigenvalue weighted by Gasteiger charge is 2.10. The van der Waals surface area contributed by atoms with Gasteiger partial charge in [-0.25, -0.2) is 9.37 Å². The van der Waals surface area contributed by atoms with Crippen molar-refractivity contribution >= 4 is 45.8 Å². The zero-order valence-electron chi connectivity index (χ0n) is 17.3. The van der Waals surface area contributed by atoms with E-state index in [0.29, 0.717) is 22.3 Å². The number of hydrogen-bond acceptors (Lipinski definition) is 5. The molecule has 0 bridgehead atoms. The first-order chi connectivity index (χ1) is 14.9. The average Bonchev–Trinajstić information content (AvgIpc) is 3.20. The van der Waals surface area contributed by atoms with E-state index in [-0.39, 0.29) is 16.8 Å². The molecular weight excluding hydrogens is 433 g/mol. The maximum atomic E-state index is 13.9. The lowest BCUT2D eigenvalue weighted by Crippen LogP contribution is -2.32. The van der Waals surface area contributed by atoms with Crippen molar-refractivity contribution < 1.29 is 13.9 Å². The Balaban J connectivity index is 1.56. The van der Waals surface area contributed by atoms with Crippen molar-refractivity contribution in [3.05, 3.63) is 70.9 Å². The molecule has 0 radical (unpaired) electrons. The molecule has 5 nitrogen and oxygen atoms in total. The van der Waals surface area contributed by atoms with Crippen molar-refractivity contribution in [2.24, 2.45) is 0 Å². The minimum Gasteiger partial charge on any atom is -0.494 e. The molecule has 0 atom stereocenters. The number of amides is 1. The molecule has 1 heterocycles. The van der Waals surface area contributed by atoms with Gasteiger partial charge in [0.05, 0.1) is 12.8 Å². The van der Waals surface area contributed by atoms with E-state index in [1.54, 1.807) is 23.6 Å². The SMILES string of the molecule is COc1ccc(-c2csc(NC(=S)NC(=O)/C=C/c3ccc(C(C)C)cc3)n2)cc1F. The minimum atomic E-state index is -0.462. The maximum absolute atomic E-state index is 13.9. The molecule has 0 aliphatic heterocycles. The molecule has 0 spiro atoms. The quantitative estimate of drug-likeness (QED) is 0.374. The third-order valence-corrected chi connectivity index (χ3v) is 5.40. The number of halogens is 1. The van der Waals surface area contributed by atoms with Crippen LogP contribution in [-0.2, 0) is 4.79 Å². The number of rotatable bonds is 6. The van der Waals surface area contributed by atoms with Crippen LogP contribution in [0.5, 0.6) is 5.75 Å². The van der Waals surface area contributed by atoms with Gasteiger partial charge in [0.2, 0.25) is 5.91 Å². The summed E-state index contributed by atoms with van der Waals surface area (Å²) in [4.78, 5) is 16.5. The number of benzene rings is 2. The number of aromatic nitrogens is 1. The minimum absolute atomic E-state index is 0.131. The zero-order chi connectivity index (χ0) is 22.4. The average molecular weight is 456 g/mol. The lowest BCUT2D eigenvalue weighted by atomic mass is 10.0. The van der Waals surface area contributed by atoms with Crippen molar-refractivity contribution in [3.63, 3.8) is 0 Å². The number of thiazole rings is 1. The topological polar surface area (TPSA) is 63.2 Å². The van der Waals surface area contributed by atoms with Gasteiger partial charge in [-0.15, -0.1) is 11.3 Å². The highest BCUT2D eigenvalue weighted by molar-refractivity contribution is 7.80. The number of carbonyl (C=O) groups excluding carboxylic acids is 1. The Morgan fingerprint density at radius 1 is 1.23 bits per heavy atom. The van der Waals surface area contributed by atoms with E-state index >= 15 is 0 Å². The van der Waals surface area contributed by atoms with Crippen molar-refractivity contribution in [2.45, 2.75) is 19.8 Å². The molecule has 160 valence electrons. The van der Waals surface area contributed by atoms with E-state index in [1.165, 1.54) is 36.2 Å². The molecule has 0 unspecified atom stereocenters. The van der Waals surface area contributed by atoms with Crippen LogP contribution in [0.4, 0.5) is 9.52 Å². The molecule has 0 saturated carbocycles. The summed E-state index contributed by atoms with van der Waals surface area (Å²) in [6.45, 7) is 4.26. The van der Waals surface area contributed by atoms with E-state index in [2.05, 4.69) is 29.5 Å². The summed E-state index contributed by atoms with van der Waals surface area (Å²) in [5.74, 6) is -0.180. The van der Waals surface area contributed by atoms with E-state index < -0.39 is 5.82 Å². The largest absolute Gasteiger partial charge is 0.494 e. The van der Waals surface area contributed by atoms with Crippen molar-refractivity contribution in [2.75, 3.05) is 12.4 Å². The van der Waals surface area contributed by atoms with E-state index in [4.69, 9.17) is 17.0 Å². The molecule has 1 aromatic heterocycles. The fourth-order valence-electron chi connectivity index (χ4n) is 2.74. The Morgan fingerprint density at radius 3 is 2.61 bits per heavy atom. The number of thiocarbonyl (C=S) groups is 1. The van der Waals surface area contributed by atoms with Crippen LogP contribution in [0.2, 0.25) is 0 Å². The first kappa shape index (κ1) is 22.6. The van der Waals surface area contributed by atoms with Gasteiger partial charge >= 0.3 is 0 Å². The van der Waals surface area contributed by atoms with E-state index in [9.17, 15) is 9.18 Å². The number of nitrogens with zero attached hydrogens (tertiary/aromatic N) is 1. The molecule has 3 aromatic rings. The second-order valence-electron chi connectivity index (χ2n) is 6.99. The Kier molecular flexibility index (Phi) is 7.49. The molecular formula is C23H22FN3O2S2. The monoisotopic (exact) mass is 455 g/mol. The normalized spacial score (nSPS) is 11.0. The molecule has 3 rings (SSSR count). The van der Waals surface area contributed by atoms with Gasteiger partial charge in [0.25, 0.3) is 0 Å². The van der Waals surface area contributed by atoms with Gasteiger partial charge in [-0.2, -0.15) is 0 Å². The number of hydrogen-bond donors (Lipinski definition) is 2. The van der Waals surface area contributed by atoms with Gasteiger partial charge in [0.15, 0.2) is 21.8 Å². The number of ether oxygens (including phenoxy) is 1. The van der Waals surface area contributed by atoms with E-state index in [1.807, 2.05) is 24.3 Å². The van der Waals surface area contributed by atoms with Gasteiger partial charge in [-0.3, -0.25) is 10.1 Å². The number of anilines is 1. The molecule has 0 fully saturated rings. The molecule has 1 amide bonds. The van der Waals surface area contributed by atoms with Crippen LogP contribution in [0.1, 0.15) is 30.9 Å². The number of methoxy groups -OCH3 is 1. The first-order valence-corrected chi connectivity index (χ1v) is 10.8. The summed E-state index contributed by atoms with van der Waals surface area (Å²) in [5.41, 5.74) is 3.37. The molecule has 0 aliphatic rings. The van der Waals surface area contributed by atoms with Crippen molar-refractivity contribution in [3.8, 4) is 17.0 Å². The van der Waals surface area contributed by atoms with Gasteiger partial charge in [-0.1, -0.05) is 38.1 Å². The molecule has 2 aromatic carbocycles. The third-order valence-electron chi connectivity index (χ3n) is 4.44. The van der Waals surface area contributed by atoms with Crippen LogP contribution in [0, 0.1) is 5.82 Å². The van der Waals surface area contributed by atoms with Crippen LogP contribution in [0.3, 0.4) is 0 Å². The molecule has 0 aliphatic carbocycles. The van der Waals surface area contributed by atoms with Gasteiger partial charge < -0.3 is 10.1 Å². The fourth-order valence-corrected chi connectivity index (χ4v) is 3.72. The maximum Gasteiger partial charge on any atom is 0.250 e. The summed E-state index contributed by atoms with van der Waals surface area (Å²) in [7, 11) is 1.41. The Labute approximate surface area is 190 Å². The van der Waals surface area contributed by atoms with Crippen molar-refractivity contribution in [1.82, 2.24) is 10.3 Å². The molecule has 31 heavy (non-hydrogen) atoms. The smallest absolute Gasteiger partial charge is 0.250 e. The van der Waals surface area contributed by atoms with Crippen LogP contribution < -0.4 is 15.4 Å². The summed E-state index contributed by atoms with van der Waals surface area (Å²) in [5, 5.41) is 7.85. The van der Waals surface area contributed by atoms with Gasteiger partial charge in [0, 0.05) is 17.0 Å². The van der Waals surface area contributed by atoms with Crippen LogP contribution in [0.15, 0.2) is 53.9 Å². The fraction of sp³-hybridized carbons (Fsp3) is 0.174.